The second kappa shape index (κ2) is 4.46. The zero-order valence-electron chi connectivity index (χ0n) is 9.57. The van der Waals surface area contributed by atoms with Gasteiger partial charge in [0.15, 0.2) is 10.1 Å². The van der Waals surface area contributed by atoms with Gasteiger partial charge in [-0.3, -0.25) is 0 Å². The molecule has 2 saturated carbocycles. The van der Waals surface area contributed by atoms with Gasteiger partial charge in [0.1, 0.15) is 0 Å². The molecule has 2 rings (SSSR count). The van der Waals surface area contributed by atoms with E-state index in [1.807, 2.05) is 0 Å². The van der Waals surface area contributed by atoms with Gasteiger partial charge in [-0.15, -0.1) is 0 Å². The normalized spacial score (nSPS) is 35.4. The van der Waals surface area contributed by atoms with Gasteiger partial charge >= 0.3 is 5.25 Å². The highest BCUT2D eigenvalue weighted by atomic mass is 32.2. The summed E-state index contributed by atoms with van der Waals surface area (Å²) in [5.41, 5.74) is 0. The Morgan fingerprint density at radius 1 is 1.00 bits per heavy atom. The monoisotopic (exact) mass is 267 g/mol. The summed E-state index contributed by atoms with van der Waals surface area (Å²) in [6.45, 7) is 0. The Balaban J connectivity index is 2.10. The van der Waals surface area contributed by atoms with Crippen molar-refractivity contribution >= 4 is 10.1 Å². The summed E-state index contributed by atoms with van der Waals surface area (Å²) in [5.74, 6) is -0.621. The van der Waals surface area contributed by atoms with Crippen LogP contribution in [0.2, 0.25) is 0 Å². The second-order valence-electron chi connectivity index (χ2n) is 5.33. The first-order valence-electron chi connectivity index (χ1n) is 6.15. The van der Waals surface area contributed by atoms with Crippen LogP contribution in [0.15, 0.2) is 0 Å². The largest absolute Gasteiger partial charge is 0.743 e. The first-order chi connectivity index (χ1) is 7.82. The third kappa shape index (κ3) is 2.47. The van der Waals surface area contributed by atoms with E-state index in [0.29, 0.717) is 12.3 Å². The van der Waals surface area contributed by atoms with Crippen LogP contribution in [0.5, 0.6) is 0 Å². The van der Waals surface area contributed by atoms with Crippen LogP contribution in [0.1, 0.15) is 44.9 Å². The average Bonchev–Trinajstić information content (AvgIpc) is 2.27. The molecule has 2 aliphatic carbocycles. The Morgan fingerprint density at radius 2 is 1.59 bits per heavy atom. The minimum absolute atomic E-state index is 0.162. The Bertz CT molecular complexity index is 380. The topological polar surface area (TPSA) is 57.2 Å². The molecule has 3 nitrogen and oxygen atoms in total. The van der Waals surface area contributed by atoms with Crippen LogP contribution in [0.3, 0.4) is 0 Å². The Kier molecular flexibility index (Phi) is 3.47. The molecule has 0 N–H and O–H groups in total. The quantitative estimate of drug-likeness (QED) is 0.723. The molecule has 0 aromatic rings. The number of rotatable bonds is 2. The predicted octanol–water partition coefficient (Wildman–Crippen LogP) is 2.73. The molecular weight excluding hydrogens is 250 g/mol. The van der Waals surface area contributed by atoms with Crippen molar-refractivity contribution in [3.05, 3.63) is 0 Å². The standard InChI is InChI=1S/C11H18F2O3S/c12-11(13,17(14,15)16)10-6-5-8-3-1-2-4-9(8)7-10/h8-10H,1-7H2,(H,14,15,16)/p-1. The molecule has 100 valence electrons. The maximum atomic E-state index is 13.5. The van der Waals surface area contributed by atoms with Crippen LogP contribution in [0.4, 0.5) is 8.78 Å². The first-order valence-corrected chi connectivity index (χ1v) is 7.56. The number of hydrogen-bond acceptors (Lipinski definition) is 3. The van der Waals surface area contributed by atoms with Crippen molar-refractivity contribution in [2.45, 2.75) is 50.2 Å². The van der Waals surface area contributed by atoms with Crippen LogP contribution in [-0.2, 0) is 10.1 Å². The molecule has 0 bridgehead atoms. The lowest BCUT2D eigenvalue weighted by atomic mass is 9.67. The fourth-order valence-electron chi connectivity index (χ4n) is 3.38. The lowest BCUT2D eigenvalue weighted by Crippen LogP contribution is -2.42. The molecule has 2 aliphatic rings. The Morgan fingerprint density at radius 3 is 2.18 bits per heavy atom. The van der Waals surface area contributed by atoms with E-state index in [9.17, 15) is 21.8 Å². The fraction of sp³-hybridized carbons (Fsp3) is 1.00. The van der Waals surface area contributed by atoms with Gasteiger partial charge in [-0.05, 0) is 31.1 Å². The second-order valence-corrected chi connectivity index (χ2v) is 6.78. The minimum atomic E-state index is -5.52. The van der Waals surface area contributed by atoms with Gasteiger partial charge in [-0.25, -0.2) is 8.42 Å². The van der Waals surface area contributed by atoms with E-state index in [1.165, 1.54) is 0 Å². The molecule has 0 radical (unpaired) electrons. The molecule has 3 unspecified atom stereocenters. The van der Waals surface area contributed by atoms with Gasteiger partial charge < -0.3 is 4.55 Å². The van der Waals surface area contributed by atoms with Crippen LogP contribution < -0.4 is 0 Å². The van der Waals surface area contributed by atoms with Crippen molar-refractivity contribution in [3.63, 3.8) is 0 Å². The Hall–Kier alpha value is -0.230. The molecule has 0 spiro atoms. The molecule has 0 amide bonds. The van der Waals surface area contributed by atoms with Crippen molar-refractivity contribution in [2.24, 2.45) is 17.8 Å². The molecule has 6 heteroatoms. The molecule has 0 heterocycles. The van der Waals surface area contributed by atoms with E-state index in [2.05, 4.69) is 0 Å². The third-order valence-corrected chi connectivity index (χ3v) is 5.35. The van der Waals surface area contributed by atoms with Crippen molar-refractivity contribution in [3.8, 4) is 0 Å². The molecule has 17 heavy (non-hydrogen) atoms. The smallest absolute Gasteiger partial charge is 0.337 e. The van der Waals surface area contributed by atoms with E-state index in [4.69, 9.17) is 0 Å². The summed E-state index contributed by atoms with van der Waals surface area (Å²) in [7, 11) is -5.52. The highest BCUT2D eigenvalue weighted by Gasteiger charge is 2.49. The molecular formula is C11H17F2O3S-. The highest BCUT2D eigenvalue weighted by Crippen LogP contribution is 2.48. The van der Waals surface area contributed by atoms with Crippen LogP contribution >= 0.6 is 0 Å². The molecule has 2 fully saturated rings. The van der Waals surface area contributed by atoms with Gasteiger partial charge in [-0.1, -0.05) is 25.7 Å². The Labute approximate surface area is 100 Å². The lowest BCUT2D eigenvalue weighted by molar-refractivity contribution is -0.0275. The number of fused-ring (bicyclic) bond motifs is 1. The highest BCUT2D eigenvalue weighted by molar-refractivity contribution is 7.86. The molecule has 3 atom stereocenters. The van der Waals surface area contributed by atoms with E-state index >= 15 is 0 Å². The van der Waals surface area contributed by atoms with E-state index < -0.39 is 21.3 Å². The van der Waals surface area contributed by atoms with Gasteiger partial charge in [-0.2, -0.15) is 8.78 Å². The van der Waals surface area contributed by atoms with Gasteiger partial charge in [0, 0.05) is 5.92 Å². The molecule has 0 aromatic carbocycles. The van der Waals surface area contributed by atoms with Crippen molar-refractivity contribution in [1.29, 1.82) is 0 Å². The van der Waals surface area contributed by atoms with Crippen LogP contribution in [-0.4, -0.2) is 18.2 Å². The third-order valence-electron chi connectivity index (χ3n) is 4.35. The van der Waals surface area contributed by atoms with Crippen molar-refractivity contribution in [2.75, 3.05) is 0 Å². The van der Waals surface area contributed by atoms with Gasteiger partial charge in [0.2, 0.25) is 0 Å². The average molecular weight is 267 g/mol. The first kappa shape index (κ1) is 13.2. The zero-order valence-corrected chi connectivity index (χ0v) is 10.4. The van der Waals surface area contributed by atoms with E-state index in [0.717, 1.165) is 25.7 Å². The van der Waals surface area contributed by atoms with Gasteiger partial charge in [0.05, 0.1) is 0 Å². The zero-order chi connectivity index (χ0) is 12.7. The minimum Gasteiger partial charge on any atom is -0.743 e. The summed E-state index contributed by atoms with van der Waals surface area (Å²) < 4.78 is 58.8. The number of hydrogen-bond donors (Lipinski definition) is 0. The number of halogens is 2. The van der Waals surface area contributed by atoms with Crippen LogP contribution in [0.25, 0.3) is 0 Å². The summed E-state index contributed by atoms with van der Waals surface area (Å²) in [6, 6.07) is 0. The van der Waals surface area contributed by atoms with Crippen molar-refractivity contribution < 1.29 is 21.8 Å². The van der Waals surface area contributed by atoms with E-state index in [1.54, 1.807) is 0 Å². The van der Waals surface area contributed by atoms with Crippen molar-refractivity contribution in [1.82, 2.24) is 0 Å². The molecule has 0 aliphatic heterocycles. The summed E-state index contributed by atoms with van der Waals surface area (Å²) >= 11 is 0. The van der Waals surface area contributed by atoms with Crippen LogP contribution in [0, 0.1) is 17.8 Å². The molecule has 0 saturated heterocycles. The maximum Gasteiger partial charge on any atom is 0.337 e. The summed E-state index contributed by atoms with van der Waals surface area (Å²) in [6.07, 6.45) is 5.13. The fourth-order valence-corrected chi connectivity index (χ4v) is 4.01. The van der Waals surface area contributed by atoms with E-state index in [-0.39, 0.29) is 18.8 Å². The lowest BCUT2D eigenvalue weighted by Gasteiger charge is -2.41. The maximum absolute atomic E-state index is 13.5. The SMILES string of the molecule is O=S(=O)([O-])C(F)(F)C1CCC2CCCCC2C1. The molecule has 0 aromatic heterocycles. The van der Waals surface area contributed by atoms with Gasteiger partial charge in [0.25, 0.3) is 0 Å². The summed E-state index contributed by atoms with van der Waals surface area (Å²) in [5, 5.41) is -4.09. The number of alkyl halides is 2. The predicted molar refractivity (Wildman–Crippen MR) is 57.4 cm³/mol. The summed E-state index contributed by atoms with van der Waals surface area (Å²) in [4.78, 5) is 0.